The molecular weight excluding hydrogens is 383 g/mol. The number of hydrogen-bond acceptors (Lipinski definition) is 7. The van der Waals surface area contributed by atoms with Gasteiger partial charge in [0.1, 0.15) is 18.2 Å². The lowest BCUT2D eigenvalue weighted by atomic mass is 10.2. The molecule has 0 saturated heterocycles. The average Bonchev–Trinajstić information content (AvgIpc) is 3.32. The number of fused-ring (bicyclic) bond motifs is 1. The number of aromatic nitrogens is 5. The number of halogens is 1. The first-order valence-corrected chi connectivity index (χ1v) is 9.29. The third-order valence-corrected chi connectivity index (χ3v) is 4.89. The maximum atomic E-state index is 13.3. The van der Waals surface area contributed by atoms with Crippen LogP contribution < -0.4 is 10.1 Å². The number of tetrazole rings is 1. The first kappa shape index (κ1) is 18.0. The first-order chi connectivity index (χ1) is 13.6. The molecule has 0 spiro atoms. The maximum absolute atomic E-state index is 13.3. The van der Waals surface area contributed by atoms with Gasteiger partial charge in [-0.2, -0.15) is 0 Å². The van der Waals surface area contributed by atoms with Crippen molar-refractivity contribution in [3.05, 3.63) is 59.7 Å². The molecule has 0 unspecified atom stereocenters. The topological polar surface area (TPSA) is 94.8 Å². The highest BCUT2D eigenvalue weighted by Crippen LogP contribution is 2.27. The Bertz CT molecular complexity index is 1120. The normalized spacial score (nSPS) is 10.9. The second kappa shape index (κ2) is 7.69. The second-order valence-corrected chi connectivity index (χ2v) is 6.84. The summed E-state index contributed by atoms with van der Waals surface area (Å²) in [5.74, 6) is 0.577. The monoisotopic (exact) mass is 398 g/mol. The molecule has 1 amide bonds. The number of ether oxygens (including phenoxy) is 1. The summed E-state index contributed by atoms with van der Waals surface area (Å²) < 4.78 is 21.2. The van der Waals surface area contributed by atoms with Crippen molar-refractivity contribution >= 4 is 32.6 Å². The van der Waals surface area contributed by atoms with Crippen LogP contribution in [0.15, 0.2) is 42.5 Å². The van der Waals surface area contributed by atoms with Crippen LogP contribution in [0.2, 0.25) is 0 Å². The molecule has 0 fully saturated rings. The molecule has 0 aliphatic heterocycles. The van der Waals surface area contributed by atoms with Crippen molar-refractivity contribution in [1.29, 1.82) is 0 Å². The Morgan fingerprint density at radius 3 is 2.86 bits per heavy atom. The Kier molecular flexibility index (Phi) is 4.94. The summed E-state index contributed by atoms with van der Waals surface area (Å²) in [6.45, 7) is 2.83. The van der Waals surface area contributed by atoms with Gasteiger partial charge in [-0.3, -0.25) is 10.1 Å². The number of nitrogens with zero attached hydrogens (tertiary/aromatic N) is 5. The molecule has 0 bridgehead atoms. The standard InChI is InChI=1S/C18H15FN6O2S/c1-2-25-16(22-23-24-25)10-27-13-6-3-11(4-7-13)17(26)21-18-20-14-8-5-12(19)9-15(14)28-18/h3-9H,2,10H2,1H3,(H,20,21,26). The van der Waals surface area contributed by atoms with Crippen LogP contribution in [0.5, 0.6) is 5.75 Å². The second-order valence-electron chi connectivity index (χ2n) is 5.81. The molecule has 4 aromatic rings. The molecule has 2 heterocycles. The fourth-order valence-electron chi connectivity index (χ4n) is 2.54. The number of benzene rings is 2. The number of aryl methyl sites for hydroxylation is 1. The molecule has 0 radical (unpaired) electrons. The molecule has 28 heavy (non-hydrogen) atoms. The zero-order valence-electron chi connectivity index (χ0n) is 14.8. The maximum Gasteiger partial charge on any atom is 0.257 e. The summed E-state index contributed by atoms with van der Waals surface area (Å²) in [5, 5.41) is 14.5. The van der Waals surface area contributed by atoms with E-state index in [9.17, 15) is 9.18 Å². The van der Waals surface area contributed by atoms with E-state index in [0.29, 0.717) is 39.0 Å². The van der Waals surface area contributed by atoms with Gasteiger partial charge in [0.2, 0.25) is 0 Å². The molecule has 8 nitrogen and oxygen atoms in total. The minimum Gasteiger partial charge on any atom is -0.486 e. The Hall–Kier alpha value is -3.40. The van der Waals surface area contributed by atoms with Crippen molar-refractivity contribution in [2.75, 3.05) is 5.32 Å². The smallest absolute Gasteiger partial charge is 0.257 e. The van der Waals surface area contributed by atoms with Crippen LogP contribution >= 0.6 is 11.3 Å². The van der Waals surface area contributed by atoms with Gasteiger partial charge >= 0.3 is 0 Å². The lowest BCUT2D eigenvalue weighted by Crippen LogP contribution is -2.11. The number of carbonyl (C=O) groups excluding carboxylic acids is 1. The van der Waals surface area contributed by atoms with Gasteiger partial charge < -0.3 is 4.74 Å². The van der Waals surface area contributed by atoms with Gasteiger partial charge in [-0.05, 0) is 59.8 Å². The number of thiazole rings is 1. The summed E-state index contributed by atoms with van der Waals surface area (Å²) in [4.78, 5) is 16.7. The molecule has 0 saturated carbocycles. The van der Waals surface area contributed by atoms with E-state index in [2.05, 4.69) is 25.8 Å². The largest absolute Gasteiger partial charge is 0.486 e. The van der Waals surface area contributed by atoms with Gasteiger partial charge in [-0.1, -0.05) is 11.3 Å². The molecule has 0 aliphatic rings. The molecule has 0 atom stereocenters. The molecule has 142 valence electrons. The van der Waals surface area contributed by atoms with Crippen LogP contribution in [0.25, 0.3) is 10.2 Å². The van der Waals surface area contributed by atoms with E-state index >= 15 is 0 Å². The number of nitrogens with one attached hydrogen (secondary N) is 1. The third kappa shape index (κ3) is 3.81. The molecule has 2 aromatic heterocycles. The van der Waals surface area contributed by atoms with Crippen LogP contribution in [0, 0.1) is 5.82 Å². The Labute approximate surface area is 163 Å². The van der Waals surface area contributed by atoms with Crippen LogP contribution in [-0.4, -0.2) is 31.1 Å². The predicted octanol–water partition coefficient (Wildman–Crippen LogP) is 3.27. The quantitative estimate of drug-likeness (QED) is 0.536. The van der Waals surface area contributed by atoms with Crippen molar-refractivity contribution in [1.82, 2.24) is 25.2 Å². The number of carbonyl (C=O) groups is 1. The van der Waals surface area contributed by atoms with Gasteiger partial charge in [0.25, 0.3) is 5.91 Å². The summed E-state index contributed by atoms with van der Waals surface area (Å²) in [6.07, 6.45) is 0. The van der Waals surface area contributed by atoms with Gasteiger partial charge in [0.05, 0.1) is 10.2 Å². The first-order valence-electron chi connectivity index (χ1n) is 8.47. The molecule has 4 rings (SSSR count). The van der Waals surface area contributed by atoms with Crippen LogP contribution in [0.4, 0.5) is 9.52 Å². The minimum atomic E-state index is -0.336. The summed E-state index contributed by atoms with van der Waals surface area (Å²) in [7, 11) is 0. The molecule has 1 N–H and O–H groups in total. The predicted molar refractivity (Wildman–Crippen MR) is 102 cm³/mol. The zero-order valence-corrected chi connectivity index (χ0v) is 15.6. The van der Waals surface area contributed by atoms with E-state index in [1.54, 1.807) is 35.0 Å². The fraction of sp³-hybridized carbons (Fsp3) is 0.167. The molecule has 0 aliphatic carbocycles. The Balaban J connectivity index is 1.40. The van der Waals surface area contributed by atoms with Crippen LogP contribution in [0.1, 0.15) is 23.1 Å². The Morgan fingerprint density at radius 1 is 1.25 bits per heavy atom. The van der Waals surface area contributed by atoms with Crippen molar-refractivity contribution in [2.24, 2.45) is 0 Å². The van der Waals surface area contributed by atoms with E-state index in [0.717, 1.165) is 0 Å². The fourth-order valence-corrected chi connectivity index (χ4v) is 3.43. The summed E-state index contributed by atoms with van der Waals surface area (Å²) in [5.41, 5.74) is 1.09. The lowest BCUT2D eigenvalue weighted by molar-refractivity contribution is 0.102. The molecular formula is C18H15FN6O2S. The van der Waals surface area contributed by atoms with E-state index in [1.807, 2.05) is 6.92 Å². The van der Waals surface area contributed by atoms with Gasteiger partial charge in [0.15, 0.2) is 11.0 Å². The molecule has 2 aromatic carbocycles. The van der Waals surface area contributed by atoms with Crippen molar-refractivity contribution in [3.8, 4) is 5.75 Å². The van der Waals surface area contributed by atoms with Crippen molar-refractivity contribution in [2.45, 2.75) is 20.1 Å². The van der Waals surface area contributed by atoms with E-state index in [-0.39, 0.29) is 18.3 Å². The molecule has 10 heteroatoms. The minimum absolute atomic E-state index is 0.231. The van der Waals surface area contributed by atoms with Gasteiger partial charge in [-0.25, -0.2) is 14.1 Å². The van der Waals surface area contributed by atoms with Crippen LogP contribution in [-0.2, 0) is 13.2 Å². The van der Waals surface area contributed by atoms with E-state index in [1.165, 1.54) is 23.5 Å². The summed E-state index contributed by atoms with van der Waals surface area (Å²) >= 11 is 1.22. The third-order valence-electron chi connectivity index (χ3n) is 3.96. The number of anilines is 1. The van der Waals surface area contributed by atoms with Gasteiger partial charge in [0, 0.05) is 12.1 Å². The lowest BCUT2D eigenvalue weighted by Gasteiger charge is -2.07. The van der Waals surface area contributed by atoms with Gasteiger partial charge in [-0.15, -0.1) is 5.10 Å². The SMILES string of the molecule is CCn1nnnc1COc1ccc(C(=O)Nc2nc3ccc(F)cc3s2)cc1. The highest BCUT2D eigenvalue weighted by Gasteiger charge is 2.11. The van der Waals surface area contributed by atoms with E-state index in [4.69, 9.17) is 4.74 Å². The zero-order chi connectivity index (χ0) is 19.5. The van der Waals surface area contributed by atoms with Crippen LogP contribution in [0.3, 0.4) is 0 Å². The Morgan fingerprint density at radius 2 is 2.07 bits per heavy atom. The van der Waals surface area contributed by atoms with Crippen molar-refractivity contribution in [3.63, 3.8) is 0 Å². The average molecular weight is 398 g/mol. The van der Waals surface area contributed by atoms with Crippen molar-refractivity contribution < 1.29 is 13.9 Å². The van der Waals surface area contributed by atoms with E-state index < -0.39 is 0 Å². The summed E-state index contributed by atoms with van der Waals surface area (Å²) in [6, 6.07) is 11.0. The number of amides is 1. The number of rotatable bonds is 6. The highest BCUT2D eigenvalue weighted by molar-refractivity contribution is 7.22. The highest BCUT2D eigenvalue weighted by atomic mass is 32.1. The number of hydrogen-bond donors (Lipinski definition) is 1.